The number of anilines is 1. The molecular weight excluding hydrogens is 542 g/mol. The van der Waals surface area contributed by atoms with Gasteiger partial charge in [-0.25, -0.2) is 9.67 Å². The van der Waals surface area contributed by atoms with Crippen molar-refractivity contribution in [3.05, 3.63) is 94.4 Å². The summed E-state index contributed by atoms with van der Waals surface area (Å²) >= 11 is 0. The molecule has 4 aromatic rings. The maximum absolute atomic E-state index is 13.7. The third-order valence-corrected chi connectivity index (χ3v) is 7.13. The van der Waals surface area contributed by atoms with Gasteiger partial charge in [-0.1, -0.05) is 54.8 Å². The summed E-state index contributed by atoms with van der Waals surface area (Å²) in [5.74, 6) is 7.02. The molecule has 0 radical (unpaired) electrons. The highest BCUT2D eigenvalue weighted by Crippen LogP contribution is 2.23. The summed E-state index contributed by atoms with van der Waals surface area (Å²) in [7, 11) is 3.55. The molecule has 10 heteroatoms. The van der Waals surface area contributed by atoms with Gasteiger partial charge in [0, 0.05) is 49.2 Å². The topological polar surface area (TPSA) is 128 Å². The number of aromatic nitrogens is 3. The fourth-order valence-electron chi connectivity index (χ4n) is 4.84. The molecule has 3 N–H and O–H groups in total. The van der Waals surface area contributed by atoms with E-state index in [9.17, 15) is 14.4 Å². The zero-order valence-corrected chi connectivity index (χ0v) is 24.6. The normalized spacial score (nSPS) is 13.4. The van der Waals surface area contributed by atoms with Gasteiger partial charge in [0.25, 0.3) is 5.56 Å². The third kappa shape index (κ3) is 6.80. The lowest BCUT2D eigenvalue weighted by Gasteiger charge is -2.19. The van der Waals surface area contributed by atoms with Crippen LogP contribution in [0.3, 0.4) is 0 Å². The number of nitrogens with zero attached hydrogens (tertiary/aromatic N) is 5. The number of nitrogens with two attached hydrogens (primary N) is 1. The van der Waals surface area contributed by atoms with Crippen LogP contribution in [0.5, 0.6) is 0 Å². The lowest BCUT2D eigenvalue weighted by molar-refractivity contribution is -0.127. The Hall–Kier alpha value is -5.27. The molecule has 0 spiro atoms. The van der Waals surface area contributed by atoms with Gasteiger partial charge < -0.3 is 16.0 Å². The van der Waals surface area contributed by atoms with E-state index in [4.69, 9.17) is 5.73 Å². The maximum Gasteiger partial charge on any atom is 0.264 e. The molecule has 1 unspecified atom stereocenters. The summed E-state index contributed by atoms with van der Waals surface area (Å²) in [6.07, 6.45) is 5.12. The minimum absolute atomic E-state index is 0.00164. The molecule has 1 aliphatic heterocycles. The van der Waals surface area contributed by atoms with Crippen molar-refractivity contribution < 1.29 is 9.59 Å². The van der Waals surface area contributed by atoms with Gasteiger partial charge in [-0.2, -0.15) is 5.10 Å². The number of amides is 1. The Balaban J connectivity index is 0.000000273. The van der Waals surface area contributed by atoms with Crippen molar-refractivity contribution in [3.63, 3.8) is 0 Å². The summed E-state index contributed by atoms with van der Waals surface area (Å²) in [5.41, 5.74) is 8.10. The van der Waals surface area contributed by atoms with Crippen molar-refractivity contribution in [2.24, 2.45) is 12.0 Å². The molecule has 2 aromatic heterocycles. The van der Waals surface area contributed by atoms with Crippen LogP contribution < -0.4 is 16.6 Å². The first-order valence-corrected chi connectivity index (χ1v) is 13.9. The lowest BCUT2D eigenvalue weighted by Crippen LogP contribution is -2.27. The van der Waals surface area contributed by atoms with Gasteiger partial charge in [0.2, 0.25) is 5.91 Å². The molecule has 0 bridgehead atoms. The second-order valence-corrected chi connectivity index (χ2v) is 9.92. The van der Waals surface area contributed by atoms with E-state index in [1.165, 1.54) is 17.0 Å². The number of carbonyl (C=O) groups excluding carboxylic acids is 2. The number of benzene rings is 2. The second-order valence-electron chi connectivity index (χ2n) is 9.92. The molecule has 1 atom stereocenters. The van der Waals surface area contributed by atoms with E-state index in [1.54, 1.807) is 16.5 Å². The van der Waals surface area contributed by atoms with Crippen LogP contribution in [-0.2, 0) is 11.8 Å². The quantitative estimate of drug-likeness (QED) is 0.195. The average Bonchev–Trinajstić information content (AvgIpc) is 3.55. The molecule has 1 saturated heterocycles. The van der Waals surface area contributed by atoms with Gasteiger partial charge in [0.15, 0.2) is 17.9 Å². The molecule has 0 aliphatic carbocycles. The van der Waals surface area contributed by atoms with E-state index in [-0.39, 0.29) is 23.3 Å². The second kappa shape index (κ2) is 14.1. The number of allylic oxidation sites excluding steroid dienone is 1. The number of rotatable bonds is 7. The number of hydrogen-bond acceptors (Lipinski definition) is 7. The minimum atomic E-state index is -0.0852. The van der Waals surface area contributed by atoms with Crippen LogP contribution in [0.1, 0.15) is 47.4 Å². The zero-order valence-electron chi connectivity index (χ0n) is 24.6. The van der Waals surface area contributed by atoms with E-state index >= 15 is 0 Å². The molecule has 1 amide bonds. The van der Waals surface area contributed by atoms with Crippen molar-refractivity contribution in [2.75, 3.05) is 25.9 Å². The number of nitrogen functional groups attached to an aromatic ring is 1. The van der Waals surface area contributed by atoms with Crippen LogP contribution in [0.15, 0.2) is 77.0 Å². The molecule has 3 heterocycles. The lowest BCUT2D eigenvalue weighted by atomic mass is 10.0. The molecule has 2 aromatic carbocycles. The summed E-state index contributed by atoms with van der Waals surface area (Å²) < 4.78 is 3.21. The molecule has 1 aliphatic rings. The van der Waals surface area contributed by atoms with Gasteiger partial charge in [-0.15, -0.1) is 0 Å². The number of likely N-dealkylation sites (tertiary alicyclic amines) is 1. The van der Waals surface area contributed by atoms with Crippen molar-refractivity contribution in [3.8, 4) is 17.5 Å². The van der Waals surface area contributed by atoms with Crippen molar-refractivity contribution in [2.45, 2.75) is 25.8 Å². The largest absolute Gasteiger partial charge is 0.382 e. The summed E-state index contributed by atoms with van der Waals surface area (Å²) in [4.78, 5) is 41.8. The van der Waals surface area contributed by atoms with Gasteiger partial charge in [-0.3, -0.25) is 19.0 Å². The monoisotopic (exact) mass is 577 g/mol. The standard InChI is InChI=1S/C25H25N3O2.C8H10N4O/c1-18(26-2)22-17-20-10-6-9-19(11-7-15-27-16-8-14-23(27)29)24(20)25(30)28(22)21-12-4-3-5-13-21;1-3-4-10-8-6(5-13)7(9)11-12(8)2/h3-6,9-10,12-13,17-18,26H,8,14-16H2,1-2H3;3-5H,1H2,2H3,(H2,9,11)/b;10-4-. The Morgan fingerprint density at radius 2 is 1.95 bits per heavy atom. The number of pyridine rings is 1. The van der Waals surface area contributed by atoms with E-state index in [2.05, 4.69) is 39.9 Å². The molecule has 0 saturated carbocycles. The SMILES string of the molecule is C=C/C=N\c1c(C=O)c(N)nn1C.CNC(C)c1cc2cccc(C#CCN3CCCC3=O)c2c(=O)n1-c1ccccc1. The van der Waals surface area contributed by atoms with Gasteiger partial charge >= 0.3 is 0 Å². The number of para-hydroxylation sites is 1. The van der Waals surface area contributed by atoms with Crippen LogP contribution >= 0.6 is 0 Å². The summed E-state index contributed by atoms with van der Waals surface area (Å²) in [5, 5.41) is 8.57. The van der Waals surface area contributed by atoms with Crippen molar-refractivity contribution in [1.82, 2.24) is 24.6 Å². The highest BCUT2D eigenvalue weighted by atomic mass is 16.2. The first-order valence-electron chi connectivity index (χ1n) is 13.9. The Labute approximate surface area is 250 Å². The Morgan fingerprint density at radius 3 is 2.60 bits per heavy atom. The molecule has 1 fully saturated rings. The minimum Gasteiger partial charge on any atom is -0.382 e. The number of aryl methyl sites for hydroxylation is 1. The smallest absolute Gasteiger partial charge is 0.264 e. The highest BCUT2D eigenvalue weighted by molar-refractivity contribution is 5.90. The number of aldehydes is 1. The molecular formula is C33H35N7O3. The van der Waals surface area contributed by atoms with E-state index in [1.807, 2.05) is 62.5 Å². The number of carbonyl (C=O) groups is 2. The Morgan fingerprint density at radius 1 is 1.19 bits per heavy atom. The van der Waals surface area contributed by atoms with Gasteiger partial charge in [0.05, 0.1) is 11.9 Å². The number of aliphatic imine (C=N–C) groups is 1. The van der Waals surface area contributed by atoms with Gasteiger partial charge in [0.1, 0.15) is 5.56 Å². The Bertz CT molecular complexity index is 1790. The predicted octanol–water partition coefficient (Wildman–Crippen LogP) is 3.95. The molecule has 5 rings (SSSR count). The molecule has 220 valence electrons. The number of hydrogen-bond donors (Lipinski definition) is 2. The van der Waals surface area contributed by atoms with E-state index in [0.717, 1.165) is 29.7 Å². The third-order valence-electron chi connectivity index (χ3n) is 7.13. The van der Waals surface area contributed by atoms with Crippen LogP contribution in [0.25, 0.3) is 16.5 Å². The van der Waals surface area contributed by atoms with Crippen LogP contribution in [0.2, 0.25) is 0 Å². The van der Waals surface area contributed by atoms with Crippen LogP contribution in [0.4, 0.5) is 11.6 Å². The highest BCUT2D eigenvalue weighted by Gasteiger charge is 2.19. The number of nitrogens with one attached hydrogen (secondary N) is 1. The average molecular weight is 578 g/mol. The van der Waals surface area contributed by atoms with Crippen LogP contribution in [0, 0.1) is 11.8 Å². The Kier molecular flexibility index (Phi) is 10.0. The summed E-state index contributed by atoms with van der Waals surface area (Å²) in [6.45, 7) is 6.67. The fourth-order valence-corrected chi connectivity index (χ4v) is 4.84. The number of fused-ring (bicyclic) bond motifs is 1. The van der Waals surface area contributed by atoms with Crippen molar-refractivity contribution >= 4 is 40.8 Å². The van der Waals surface area contributed by atoms with E-state index < -0.39 is 0 Å². The van der Waals surface area contributed by atoms with Crippen LogP contribution in [-0.4, -0.2) is 57.8 Å². The molecule has 10 nitrogen and oxygen atoms in total. The first kappa shape index (κ1) is 30.7. The van der Waals surface area contributed by atoms with E-state index in [0.29, 0.717) is 41.6 Å². The zero-order chi connectivity index (χ0) is 30.9. The maximum atomic E-state index is 13.7. The van der Waals surface area contributed by atoms with Crippen molar-refractivity contribution in [1.29, 1.82) is 0 Å². The summed E-state index contributed by atoms with van der Waals surface area (Å²) in [6, 6.07) is 17.5. The predicted molar refractivity (Wildman–Crippen MR) is 171 cm³/mol. The molecule has 43 heavy (non-hydrogen) atoms. The first-order chi connectivity index (χ1) is 20.8. The van der Waals surface area contributed by atoms with Gasteiger partial charge in [-0.05, 0) is 50.0 Å². The fraction of sp³-hybridized carbons (Fsp3) is 0.242.